The third kappa shape index (κ3) is 4.06. The van der Waals surface area contributed by atoms with Crippen molar-refractivity contribution in [1.29, 1.82) is 0 Å². The number of nitrogens with zero attached hydrogens (tertiary/aromatic N) is 3. The highest BCUT2D eigenvalue weighted by Crippen LogP contribution is 2.26. The lowest BCUT2D eigenvalue weighted by molar-refractivity contribution is -0.116. The maximum Gasteiger partial charge on any atom is 0.419 e. The summed E-state index contributed by atoms with van der Waals surface area (Å²) in [5.41, 5.74) is 1.94. The van der Waals surface area contributed by atoms with Crippen LogP contribution in [-0.2, 0) is 17.9 Å². The van der Waals surface area contributed by atoms with Crippen molar-refractivity contribution in [3.63, 3.8) is 0 Å². The first-order chi connectivity index (χ1) is 14.0. The molecule has 2 aromatic carbocycles. The predicted molar refractivity (Wildman–Crippen MR) is 112 cm³/mol. The first kappa shape index (κ1) is 19.3. The van der Waals surface area contributed by atoms with E-state index in [-0.39, 0.29) is 18.9 Å². The van der Waals surface area contributed by atoms with Gasteiger partial charge in [0.2, 0.25) is 5.91 Å². The molecule has 4 aromatic rings. The summed E-state index contributed by atoms with van der Waals surface area (Å²) in [6, 6.07) is 14.1. The average Bonchev–Trinajstić information content (AvgIpc) is 3.27. The Kier molecular flexibility index (Phi) is 5.42. The van der Waals surface area contributed by atoms with E-state index in [0.29, 0.717) is 33.5 Å². The molecule has 29 heavy (non-hydrogen) atoms. The molecular weight excluding hydrogens is 415 g/mol. The quantitative estimate of drug-likeness (QED) is 0.497. The normalized spacial score (nSPS) is 11.1. The number of fused-ring (bicyclic) bond motifs is 1. The standard InChI is InChI=1S/C20H16Cl2N4O3/c21-14-5-3-4-13(19(14)22)12-26-17(8-10-23-26)24-18(27)9-11-25-15-6-1-2-7-16(15)29-20(25)28/h1-8,10H,9,11-12H2,(H,24,27). The summed E-state index contributed by atoms with van der Waals surface area (Å²) in [7, 11) is 0. The highest BCUT2D eigenvalue weighted by molar-refractivity contribution is 6.42. The Bertz CT molecular complexity index is 1240. The minimum atomic E-state index is -0.486. The van der Waals surface area contributed by atoms with Crippen LogP contribution in [0.2, 0.25) is 10.0 Å². The van der Waals surface area contributed by atoms with Crippen molar-refractivity contribution in [2.45, 2.75) is 19.5 Å². The van der Waals surface area contributed by atoms with Crippen molar-refractivity contribution < 1.29 is 9.21 Å². The maximum absolute atomic E-state index is 12.4. The molecule has 0 fully saturated rings. The zero-order valence-corrected chi connectivity index (χ0v) is 16.7. The average molecular weight is 431 g/mol. The smallest absolute Gasteiger partial charge is 0.408 e. The van der Waals surface area contributed by atoms with Gasteiger partial charge in [-0.2, -0.15) is 5.10 Å². The van der Waals surface area contributed by atoms with Crippen LogP contribution in [0.4, 0.5) is 5.82 Å². The molecule has 0 atom stereocenters. The number of hydrogen-bond acceptors (Lipinski definition) is 4. The Hall–Kier alpha value is -3.03. The van der Waals surface area contributed by atoms with Gasteiger partial charge in [-0.05, 0) is 23.8 Å². The maximum atomic E-state index is 12.4. The van der Waals surface area contributed by atoms with E-state index in [0.717, 1.165) is 5.56 Å². The van der Waals surface area contributed by atoms with Gasteiger partial charge in [0.25, 0.3) is 0 Å². The van der Waals surface area contributed by atoms with E-state index in [1.807, 2.05) is 12.1 Å². The summed E-state index contributed by atoms with van der Waals surface area (Å²) in [5, 5.41) is 7.95. The fourth-order valence-corrected chi connectivity index (χ4v) is 3.42. The largest absolute Gasteiger partial charge is 0.419 e. The number of anilines is 1. The van der Waals surface area contributed by atoms with Crippen LogP contribution in [0.1, 0.15) is 12.0 Å². The summed E-state index contributed by atoms with van der Waals surface area (Å²) in [6.07, 6.45) is 1.69. The van der Waals surface area contributed by atoms with Crippen LogP contribution in [0.15, 0.2) is 63.9 Å². The van der Waals surface area contributed by atoms with E-state index in [1.54, 1.807) is 47.3 Å². The van der Waals surface area contributed by atoms with E-state index in [2.05, 4.69) is 10.4 Å². The first-order valence-electron chi connectivity index (χ1n) is 8.86. The lowest BCUT2D eigenvalue weighted by atomic mass is 10.2. The molecule has 4 rings (SSSR count). The van der Waals surface area contributed by atoms with Gasteiger partial charge in [-0.15, -0.1) is 0 Å². The van der Waals surface area contributed by atoms with Gasteiger partial charge in [-0.3, -0.25) is 9.36 Å². The Balaban J connectivity index is 1.44. The number of para-hydroxylation sites is 2. The zero-order valence-electron chi connectivity index (χ0n) is 15.1. The van der Waals surface area contributed by atoms with E-state index >= 15 is 0 Å². The number of amides is 1. The number of rotatable bonds is 6. The SMILES string of the molecule is O=C(CCn1c(=O)oc2ccccc21)Nc1ccnn1Cc1cccc(Cl)c1Cl. The molecule has 1 amide bonds. The third-order valence-electron chi connectivity index (χ3n) is 4.47. The van der Waals surface area contributed by atoms with Crippen molar-refractivity contribution in [2.24, 2.45) is 0 Å². The van der Waals surface area contributed by atoms with Crippen LogP contribution in [0.25, 0.3) is 11.1 Å². The molecule has 0 spiro atoms. The highest BCUT2D eigenvalue weighted by atomic mass is 35.5. The van der Waals surface area contributed by atoms with Crippen LogP contribution in [-0.4, -0.2) is 20.3 Å². The molecule has 148 valence electrons. The number of carbonyl (C=O) groups excluding carboxylic acids is 1. The second-order valence-electron chi connectivity index (χ2n) is 6.37. The number of benzene rings is 2. The Morgan fingerprint density at radius 2 is 1.93 bits per heavy atom. The molecule has 7 nitrogen and oxygen atoms in total. The molecule has 0 unspecified atom stereocenters. The van der Waals surface area contributed by atoms with Crippen LogP contribution in [0.3, 0.4) is 0 Å². The molecule has 9 heteroatoms. The summed E-state index contributed by atoms with van der Waals surface area (Å²) < 4.78 is 8.24. The van der Waals surface area contributed by atoms with Gasteiger partial charge in [0.15, 0.2) is 5.58 Å². The van der Waals surface area contributed by atoms with E-state index in [1.165, 1.54) is 4.57 Å². The molecule has 0 aliphatic heterocycles. The lowest BCUT2D eigenvalue weighted by Gasteiger charge is -2.11. The minimum absolute atomic E-state index is 0.104. The molecule has 0 aliphatic carbocycles. The molecule has 1 N–H and O–H groups in total. The fourth-order valence-electron chi connectivity index (χ4n) is 3.04. The predicted octanol–water partition coefficient (Wildman–Crippen LogP) is 4.17. The number of carbonyl (C=O) groups is 1. The molecule has 2 aromatic heterocycles. The minimum Gasteiger partial charge on any atom is -0.408 e. The fraction of sp³-hybridized carbons (Fsp3) is 0.150. The van der Waals surface area contributed by atoms with Gasteiger partial charge in [0.1, 0.15) is 5.82 Å². The number of aryl methyl sites for hydroxylation is 1. The topological polar surface area (TPSA) is 82.1 Å². The zero-order chi connectivity index (χ0) is 20.4. The number of hydrogen-bond donors (Lipinski definition) is 1. The number of aromatic nitrogens is 3. The van der Waals surface area contributed by atoms with Crippen molar-refractivity contribution in [2.75, 3.05) is 5.32 Å². The summed E-state index contributed by atoms with van der Waals surface area (Å²) >= 11 is 12.3. The number of oxazole rings is 1. The molecular formula is C20H16Cl2N4O3. The van der Waals surface area contributed by atoms with Crippen LogP contribution < -0.4 is 11.1 Å². The number of nitrogens with one attached hydrogen (secondary N) is 1. The molecule has 0 aliphatic rings. The monoisotopic (exact) mass is 430 g/mol. The van der Waals surface area contributed by atoms with Crippen molar-refractivity contribution in [3.8, 4) is 0 Å². The molecule has 2 heterocycles. The Morgan fingerprint density at radius 1 is 1.10 bits per heavy atom. The summed E-state index contributed by atoms with van der Waals surface area (Å²) in [6.45, 7) is 0.559. The third-order valence-corrected chi connectivity index (χ3v) is 5.33. The van der Waals surface area contributed by atoms with Crippen LogP contribution >= 0.6 is 23.2 Å². The van der Waals surface area contributed by atoms with Crippen molar-refractivity contribution in [1.82, 2.24) is 14.3 Å². The van der Waals surface area contributed by atoms with Gasteiger partial charge in [-0.25, -0.2) is 9.48 Å². The lowest BCUT2D eigenvalue weighted by Crippen LogP contribution is -2.21. The second-order valence-corrected chi connectivity index (χ2v) is 7.16. The Morgan fingerprint density at radius 3 is 2.79 bits per heavy atom. The van der Waals surface area contributed by atoms with Crippen molar-refractivity contribution >= 4 is 46.0 Å². The van der Waals surface area contributed by atoms with E-state index in [9.17, 15) is 9.59 Å². The molecule has 0 radical (unpaired) electrons. The summed E-state index contributed by atoms with van der Waals surface area (Å²) in [4.78, 5) is 24.4. The first-order valence-corrected chi connectivity index (χ1v) is 9.61. The number of halogens is 2. The van der Waals surface area contributed by atoms with E-state index < -0.39 is 5.76 Å². The Labute approximate surface area is 175 Å². The van der Waals surface area contributed by atoms with Gasteiger partial charge in [0, 0.05) is 19.0 Å². The van der Waals surface area contributed by atoms with Gasteiger partial charge in [0.05, 0.1) is 28.3 Å². The molecule has 0 bridgehead atoms. The van der Waals surface area contributed by atoms with Gasteiger partial charge < -0.3 is 9.73 Å². The van der Waals surface area contributed by atoms with Crippen molar-refractivity contribution in [3.05, 3.63) is 80.9 Å². The van der Waals surface area contributed by atoms with E-state index in [4.69, 9.17) is 27.6 Å². The highest BCUT2D eigenvalue weighted by Gasteiger charge is 2.13. The second kappa shape index (κ2) is 8.14. The van der Waals surface area contributed by atoms with Crippen LogP contribution in [0, 0.1) is 0 Å². The molecule has 0 saturated heterocycles. The summed E-state index contributed by atoms with van der Waals surface area (Å²) in [5.74, 6) is -0.212. The van der Waals surface area contributed by atoms with Crippen LogP contribution in [0.5, 0.6) is 0 Å². The van der Waals surface area contributed by atoms with Gasteiger partial charge in [-0.1, -0.05) is 47.5 Å². The van der Waals surface area contributed by atoms with Gasteiger partial charge >= 0.3 is 5.76 Å². The molecule has 0 saturated carbocycles.